The second-order valence-electron chi connectivity index (χ2n) is 5.29. The van der Waals surface area contributed by atoms with Crippen LogP contribution in [0.4, 0.5) is 0 Å². The first-order valence-corrected chi connectivity index (χ1v) is 5.62. The van der Waals surface area contributed by atoms with Crippen molar-refractivity contribution in [2.75, 3.05) is 0 Å². The zero-order chi connectivity index (χ0) is 13.1. The number of cyclic esters (lactones) is 1. The van der Waals surface area contributed by atoms with E-state index in [1.54, 1.807) is 0 Å². The molecule has 0 spiro atoms. The van der Waals surface area contributed by atoms with E-state index in [-0.39, 0.29) is 24.7 Å². The van der Waals surface area contributed by atoms with E-state index >= 15 is 0 Å². The molecule has 1 heterocycles. The van der Waals surface area contributed by atoms with Gasteiger partial charge in [-0.1, -0.05) is 20.8 Å². The summed E-state index contributed by atoms with van der Waals surface area (Å²) in [6.07, 6.45) is 0.916. The SMILES string of the molecule is CC(C)(C)[C@H]1OC(=O)[C@@](CC=O)(CCC=O)O1. The lowest BCUT2D eigenvalue weighted by Gasteiger charge is -2.27. The van der Waals surface area contributed by atoms with Crippen LogP contribution in [0.1, 0.15) is 40.0 Å². The zero-order valence-electron chi connectivity index (χ0n) is 10.4. The van der Waals surface area contributed by atoms with Crippen molar-refractivity contribution < 1.29 is 23.9 Å². The Morgan fingerprint density at radius 1 is 1.29 bits per heavy atom. The highest BCUT2D eigenvalue weighted by Crippen LogP contribution is 2.38. The number of esters is 1. The molecule has 1 fully saturated rings. The molecule has 0 N–H and O–H groups in total. The molecule has 96 valence electrons. The van der Waals surface area contributed by atoms with Gasteiger partial charge in [-0.05, 0) is 6.42 Å². The maximum absolute atomic E-state index is 11.8. The Hall–Kier alpha value is -1.23. The molecule has 0 radical (unpaired) electrons. The molecule has 1 rings (SSSR count). The van der Waals surface area contributed by atoms with Gasteiger partial charge in [-0.25, -0.2) is 4.79 Å². The van der Waals surface area contributed by atoms with Gasteiger partial charge in [-0.2, -0.15) is 0 Å². The number of ether oxygens (including phenoxy) is 2. The minimum atomic E-state index is -1.28. The lowest BCUT2D eigenvalue weighted by atomic mass is 9.94. The lowest BCUT2D eigenvalue weighted by Crippen LogP contribution is -2.38. The molecule has 0 saturated carbocycles. The smallest absolute Gasteiger partial charge is 0.341 e. The molecule has 1 aliphatic heterocycles. The Morgan fingerprint density at radius 2 is 1.94 bits per heavy atom. The van der Waals surface area contributed by atoms with Gasteiger partial charge in [0, 0.05) is 18.3 Å². The van der Waals surface area contributed by atoms with Crippen LogP contribution in [0.3, 0.4) is 0 Å². The minimum Gasteiger partial charge on any atom is -0.433 e. The molecule has 0 amide bonds. The van der Waals surface area contributed by atoms with Crippen molar-refractivity contribution >= 4 is 18.5 Å². The summed E-state index contributed by atoms with van der Waals surface area (Å²) in [5, 5.41) is 0. The quantitative estimate of drug-likeness (QED) is 0.536. The number of aldehydes is 2. The fraction of sp³-hybridized carbons (Fsp3) is 0.750. The van der Waals surface area contributed by atoms with Crippen LogP contribution in [-0.2, 0) is 23.9 Å². The maximum Gasteiger partial charge on any atom is 0.341 e. The van der Waals surface area contributed by atoms with Gasteiger partial charge in [-0.3, -0.25) is 0 Å². The minimum absolute atomic E-state index is 0.0771. The van der Waals surface area contributed by atoms with Crippen molar-refractivity contribution in [3.05, 3.63) is 0 Å². The van der Waals surface area contributed by atoms with E-state index in [2.05, 4.69) is 0 Å². The molecule has 2 atom stereocenters. The van der Waals surface area contributed by atoms with Crippen molar-refractivity contribution in [1.29, 1.82) is 0 Å². The molecular formula is C12H18O5. The normalized spacial score (nSPS) is 28.9. The average Bonchev–Trinajstić information content (AvgIpc) is 2.54. The summed E-state index contributed by atoms with van der Waals surface area (Å²) in [5.41, 5.74) is -1.64. The third kappa shape index (κ3) is 2.91. The highest BCUT2D eigenvalue weighted by atomic mass is 16.8. The topological polar surface area (TPSA) is 69.7 Å². The van der Waals surface area contributed by atoms with Crippen molar-refractivity contribution in [1.82, 2.24) is 0 Å². The first kappa shape index (κ1) is 13.8. The predicted molar refractivity (Wildman–Crippen MR) is 59.1 cm³/mol. The summed E-state index contributed by atoms with van der Waals surface area (Å²) in [6, 6.07) is 0. The van der Waals surface area contributed by atoms with E-state index in [9.17, 15) is 14.4 Å². The molecule has 0 aromatic rings. The van der Waals surface area contributed by atoms with Crippen LogP contribution in [0.25, 0.3) is 0 Å². The Kier molecular flexibility index (Phi) is 4.03. The first-order valence-electron chi connectivity index (χ1n) is 5.62. The maximum atomic E-state index is 11.8. The van der Waals surface area contributed by atoms with E-state index in [0.717, 1.165) is 0 Å². The molecule has 1 aliphatic rings. The first-order chi connectivity index (χ1) is 7.85. The predicted octanol–water partition coefficient (Wildman–Crippen LogP) is 1.24. The molecular weight excluding hydrogens is 224 g/mol. The van der Waals surface area contributed by atoms with Gasteiger partial charge in [0.2, 0.25) is 6.29 Å². The second kappa shape index (κ2) is 4.96. The summed E-state index contributed by atoms with van der Waals surface area (Å²) in [7, 11) is 0. The molecule has 0 aromatic carbocycles. The molecule has 17 heavy (non-hydrogen) atoms. The van der Waals surface area contributed by atoms with Crippen LogP contribution in [0.5, 0.6) is 0 Å². The Bertz CT molecular complexity index is 317. The summed E-state index contributed by atoms with van der Waals surface area (Å²) in [5.74, 6) is -0.550. The van der Waals surface area contributed by atoms with Crippen molar-refractivity contribution in [2.24, 2.45) is 5.41 Å². The largest absolute Gasteiger partial charge is 0.433 e. The molecule has 0 bridgehead atoms. The molecule has 0 aliphatic carbocycles. The number of hydrogen-bond donors (Lipinski definition) is 0. The highest BCUT2D eigenvalue weighted by molar-refractivity contribution is 5.84. The van der Waals surface area contributed by atoms with Gasteiger partial charge in [0.15, 0.2) is 5.60 Å². The van der Waals surface area contributed by atoms with Crippen LogP contribution < -0.4 is 0 Å². The fourth-order valence-electron chi connectivity index (χ4n) is 1.66. The van der Waals surface area contributed by atoms with Gasteiger partial charge >= 0.3 is 5.97 Å². The van der Waals surface area contributed by atoms with Crippen LogP contribution in [0, 0.1) is 5.41 Å². The average molecular weight is 242 g/mol. The summed E-state index contributed by atoms with van der Waals surface area (Å²) >= 11 is 0. The molecule has 0 unspecified atom stereocenters. The molecule has 1 saturated heterocycles. The Morgan fingerprint density at radius 3 is 2.35 bits per heavy atom. The third-order valence-electron chi connectivity index (χ3n) is 2.70. The Balaban J connectivity index is 2.87. The van der Waals surface area contributed by atoms with Gasteiger partial charge in [-0.15, -0.1) is 0 Å². The van der Waals surface area contributed by atoms with Gasteiger partial charge in [0.05, 0.1) is 0 Å². The van der Waals surface area contributed by atoms with E-state index in [1.807, 2.05) is 20.8 Å². The Labute approximate surface area is 100 Å². The van der Waals surface area contributed by atoms with Crippen LogP contribution in [0.2, 0.25) is 0 Å². The van der Waals surface area contributed by atoms with Gasteiger partial charge in [0.25, 0.3) is 0 Å². The fourth-order valence-corrected chi connectivity index (χ4v) is 1.66. The third-order valence-corrected chi connectivity index (χ3v) is 2.70. The zero-order valence-corrected chi connectivity index (χ0v) is 10.4. The second-order valence-corrected chi connectivity index (χ2v) is 5.29. The standard InChI is InChI=1S/C12H18O5/c1-11(2,3)10-16-9(15)12(17-10,6-8-14)5-4-7-13/h7-8,10H,4-6H2,1-3H3/t10-,12-/m0/s1. The number of hydrogen-bond acceptors (Lipinski definition) is 5. The molecule has 0 aromatic heterocycles. The monoisotopic (exact) mass is 242 g/mol. The van der Waals surface area contributed by atoms with Crippen molar-refractivity contribution in [3.8, 4) is 0 Å². The van der Waals surface area contributed by atoms with E-state index in [0.29, 0.717) is 12.6 Å². The summed E-state index contributed by atoms with van der Waals surface area (Å²) in [6.45, 7) is 5.63. The molecule has 5 heteroatoms. The molecule has 5 nitrogen and oxygen atoms in total. The van der Waals surface area contributed by atoms with Crippen LogP contribution >= 0.6 is 0 Å². The number of rotatable bonds is 5. The van der Waals surface area contributed by atoms with E-state index in [4.69, 9.17) is 9.47 Å². The van der Waals surface area contributed by atoms with Crippen LogP contribution in [0.15, 0.2) is 0 Å². The summed E-state index contributed by atoms with van der Waals surface area (Å²) in [4.78, 5) is 32.9. The van der Waals surface area contributed by atoms with Crippen LogP contribution in [-0.4, -0.2) is 30.4 Å². The van der Waals surface area contributed by atoms with Crippen molar-refractivity contribution in [3.63, 3.8) is 0 Å². The van der Waals surface area contributed by atoms with Gasteiger partial charge < -0.3 is 19.1 Å². The summed E-state index contributed by atoms with van der Waals surface area (Å²) < 4.78 is 10.8. The van der Waals surface area contributed by atoms with Gasteiger partial charge in [0.1, 0.15) is 12.6 Å². The number of carbonyl (C=O) groups excluding carboxylic acids is 3. The highest BCUT2D eigenvalue weighted by Gasteiger charge is 2.52. The number of carbonyl (C=O) groups is 3. The van der Waals surface area contributed by atoms with E-state index < -0.39 is 17.9 Å². The van der Waals surface area contributed by atoms with Crippen molar-refractivity contribution in [2.45, 2.75) is 51.9 Å². The lowest BCUT2D eigenvalue weighted by molar-refractivity contribution is -0.156. The van der Waals surface area contributed by atoms with E-state index in [1.165, 1.54) is 0 Å².